The van der Waals surface area contributed by atoms with Crippen molar-refractivity contribution in [1.29, 1.82) is 0 Å². The van der Waals surface area contributed by atoms with E-state index in [1.165, 1.54) is 0 Å². The third-order valence-corrected chi connectivity index (χ3v) is 4.27. The van der Waals surface area contributed by atoms with Gasteiger partial charge in [0.05, 0.1) is 16.8 Å². The zero-order valence-corrected chi connectivity index (χ0v) is 12.5. The van der Waals surface area contributed by atoms with Gasteiger partial charge in [0.2, 0.25) is 0 Å². The van der Waals surface area contributed by atoms with Crippen molar-refractivity contribution in [2.24, 2.45) is 4.99 Å². The molecule has 0 unspecified atom stereocenters. The minimum atomic E-state index is 0.0908. The van der Waals surface area contributed by atoms with Crippen molar-refractivity contribution in [3.63, 3.8) is 0 Å². The molecule has 0 bridgehead atoms. The third-order valence-electron chi connectivity index (χ3n) is 2.84. The Balaban J connectivity index is 1.85. The summed E-state index contributed by atoms with van der Waals surface area (Å²) in [6, 6.07) is 6.02. The fourth-order valence-corrected chi connectivity index (χ4v) is 3.32. The van der Waals surface area contributed by atoms with Crippen LogP contribution in [0.15, 0.2) is 39.3 Å². The maximum Gasteiger partial charge on any atom is 0.189 e. The molecule has 1 aromatic heterocycles. The molecule has 2 aromatic rings. The van der Waals surface area contributed by atoms with Gasteiger partial charge in [-0.05, 0) is 36.3 Å². The van der Waals surface area contributed by atoms with Crippen LogP contribution < -0.4 is 5.32 Å². The maximum absolute atomic E-state index is 9.15. The van der Waals surface area contributed by atoms with Gasteiger partial charge in [-0.3, -0.25) is 4.99 Å². The molecule has 1 aliphatic rings. The number of amidine groups is 1. The van der Waals surface area contributed by atoms with E-state index >= 15 is 0 Å². The zero-order valence-electron chi connectivity index (χ0n) is 10.1. The van der Waals surface area contributed by atoms with Crippen LogP contribution >= 0.6 is 27.3 Å². The Bertz CT molecular complexity index is 678. The van der Waals surface area contributed by atoms with Crippen LogP contribution in [-0.4, -0.2) is 29.1 Å². The molecule has 0 fully saturated rings. The molecule has 98 valence electrons. The van der Waals surface area contributed by atoms with E-state index < -0.39 is 0 Å². The van der Waals surface area contributed by atoms with Gasteiger partial charge in [-0.1, -0.05) is 27.3 Å². The topological polar surface area (TPSA) is 57.5 Å². The number of fused-ring (bicyclic) bond motifs is 1. The molecule has 0 atom stereocenters. The van der Waals surface area contributed by atoms with Crippen molar-refractivity contribution in [3.8, 4) is 0 Å². The number of aliphatic hydroxyl groups is 1. The predicted octanol–water partition coefficient (Wildman–Crippen LogP) is 3.19. The molecule has 2 N–H and O–H groups in total. The Hall–Kier alpha value is -1.24. The van der Waals surface area contributed by atoms with E-state index in [0.717, 1.165) is 37.7 Å². The first-order valence-electron chi connectivity index (χ1n) is 5.92. The van der Waals surface area contributed by atoms with Gasteiger partial charge in [0.1, 0.15) is 5.84 Å². The lowest BCUT2D eigenvalue weighted by Gasteiger charge is -2.11. The van der Waals surface area contributed by atoms with Crippen molar-refractivity contribution >= 4 is 48.5 Å². The largest absolute Gasteiger partial charge is 0.392 e. The van der Waals surface area contributed by atoms with Crippen molar-refractivity contribution in [1.82, 2.24) is 4.98 Å². The standard InChI is InChI=1S/C13H12BrN3OS/c14-9-1-2-10-11(6-9)19-13(16-10)17-12-5-8(7-18)3-4-15-12/h1-2,5-6,18H,3-4,7H2,(H,15,16,17). The number of anilines is 1. The second kappa shape index (κ2) is 5.40. The summed E-state index contributed by atoms with van der Waals surface area (Å²) in [5, 5.41) is 13.2. The fourth-order valence-electron chi connectivity index (χ4n) is 1.89. The summed E-state index contributed by atoms with van der Waals surface area (Å²) in [5.41, 5.74) is 1.97. The van der Waals surface area contributed by atoms with Crippen LogP contribution in [0.1, 0.15) is 6.42 Å². The van der Waals surface area contributed by atoms with E-state index in [-0.39, 0.29) is 6.61 Å². The molecule has 19 heavy (non-hydrogen) atoms. The Kier molecular flexibility index (Phi) is 3.63. The average Bonchev–Trinajstić information content (AvgIpc) is 2.80. The first-order valence-corrected chi connectivity index (χ1v) is 7.53. The van der Waals surface area contributed by atoms with Crippen molar-refractivity contribution < 1.29 is 5.11 Å². The molecule has 0 aliphatic carbocycles. The maximum atomic E-state index is 9.15. The highest BCUT2D eigenvalue weighted by Gasteiger charge is 2.09. The first-order chi connectivity index (χ1) is 9.24. The Morgan fingerprint density at radius 2 is 2.32 bits per heavy atom. The highest BCUT2D eigenvalue weighted by atomic mass is 79.9. The van der Waals surface area contributed by atoms with E-state index in [2.05, 4.69) is 37.3 Å². The number of rotatable bonds is 2. The van der Waals surface area contributed by atoms with Gasteiger partial charge in [0.25, 0.3) is 0 Å². The minimum absolute atomic E-state index is 0.0908. The second-order valence-corrected chi connectivity index (χ2v) is 6.18. The number of aliphatic imine (C=N–C) groups is 1. The van der Waals surface area contributed by atoms with Crippen LogP contribution in [0.5, 0.6) is 0 Å². The molecule has 6 heteroatoms. The number of hydrogen-bond acceptors (Lipinski definition) is 5. The lowest BCUT2D eigenvalue weighted by molar-refractivity contribution is 0.327. The highest BCUT2D eigenvalue weighted by molar-refractivity contribution is 9.10. The molecule has 1 aromatic carbocycles. The van der Waals surface area contributed by atoms with Gasteiger partial charge >= 0.3 is 0 Å². The molecule has 0 radical (unpaired) electrons. The molecule has 0 saturated carbocycles. The molecule has 2 heterocycles. The van der Waals surface area contributed by atoms with Gasteiger partial charge in [0, 0.05) is 11.0 Å². The number of benzene rings is 1. The van der Waals surface area contributed by atoms with Crippen LogP contribution in [-0.2, 0) is 0 Å². The molecule has 4 nitrogen and oxygen atoms in total. The number of aromatic nitrogens is 1. The SMILES string of the molecule is OCC1=CC(Nc2nc3ccc(Br)cc3s2)=NCC1. The van der Waals surface area contributed by atoms with Crippen molar-refractivity contribution in [2.45, 2.75) is 6.42 Å². The predicted molar refractivity (Wildman–Crippen MR) is 83.0 cm³/mol. The number of nitrogens with one attached hydrogen (secondary N) is 1. The van der Waals surface area contributed by atoms with E-state index in [1.807, 2.05) is 18.2 Å². The molecule has 0 spiro atoms. The summed E-state index contributed by atoms with van der Waals surface area (Å²) in [6.07, 6.45) is 2.72. The number of aliphatic hydroxyl groups excluding tert-OH is 1. The Morgan fingerprint density at radius 1 is 1.42 bits per heavy atom. The number of halogens is 1. The number of thiazole rings is 1. The summed E-state index contributed by atoms with van der Waals surface area (Å²) in [7, 11) is 0. The molecular weight excluding hydrogens is 326 g/mol. The fraction of sp³-hybridized carbons (Fsp3) is 0.231. The van der Waals surface area contributed by atoms with Gasteiger partial charge in [-0.15, -0.1) is 0 Å². The van der Waals surface area contributed by atoms with E-state index in [1.54, 1.807) is 11.3 Å². The minimum Gasteiger partial charge on any atom is -0.392 e. The lowest BCUT2D eigenvalue weighted by Crippen LogP contribution is -2.15. The normalized spacial score (nSPS) is 15.3. The monoisotopic (exact) mass is 337 g/mol. The summed E-state index contributed by atoms with van der Waals surface area (Å²) in [4.78, 5) is 8.90. The van der Waals surface area contributed by atoms with Crippen molar-refractivity contribution in [3.05, 3.63) is 34.3 Å². The van der Waals surface area contributed by atoms with E-state index in [4.69, 9.17) is 5.11 Å². The smallest absolute Gasteiger partial charge is 0.189 e. The first kappa shape index (κ1) is 12.8. The lowest BCUT2D eigenvalue weighted by atomic mass is 10.1. The average molecular weight is 338 g/mol. The molecule has 0 amide bonds. The Labute approximate surface area is 123 Å². The van der Waals surface area contributed by atoms with E-state index in [9.17, 15) is 0 Å². The van der Waals surface area contributed by atoms with Gasteiger partial charge in [-0.25, -0.2) is 4.98 Å². The molecule has 3 rings (SSSR count). The van der Waals surface area contributed by atoms with Crippen LogP contribution in [0.25, 0.3) is 10.2 Å². The summed E-state index contributed by atoms with van der Waals surface area (Å²) >= 11 is 5.04. The van der Waals surface area contributed by atoms with Gasteiger partial charge < -0.3 is 10.4 Å². The summed E-state index contributed by atoms with van der Waals surface area (Å²) in [6.45, 7) is 0.804. The van der Waals surface area contributed by atoms with Crippen LogP contribution in [0.4, 0.5) is 5.13 Å². The highest BCUT2D eigenvalue weighted by Crippen LogP contribution is 2.28. The quantitative estimate of drug-likeness (QED) is 0.884. The van der Waals surface area contributed by atoms with Gasteiger partial charge in [0.15, 0.2) is 5.13 Å². The Morgan fingerprint density at radius 3 is 3.16 bits per heavy atom. The van der Waals surface area contributed by atoms with Crippen LogP contribution in [0.3, 0.4) is 0 Å². The molecule has 1 aliphatic heterocycles. The third kappa shape index (κ3) is 2.86. The second-order valence-electron chi connectivity index (χ2n) is 4.23. The van der Waals surface area contributed by atoms with Crippen LogP contribution in [0.2, 0.25) is 0 Å². The van der Waals surface area contributed by atoms with Crippen molar-refractivity contribution in [2.75, 3.05) is 18.5 Å². The zero-order chi connectivity index (χ0) is 13.2. The molecule has 0 saturated heterocycles. The number of hydrogen-bond donors (Lipinski definition) is 2. The summed E-state index contributed by atoms with van der Waals surface area (Å²) < 4.78 is 2.17. The number of nitrogens with zero attached hydrogens (tertiary/aromatic N) is 2. The van der Waals surface area contributed by atoms with E-state index in [0.29, 0.717) is 6.54 Å². The van der Waals surface area contributed by atoms with Crippen LogP contribution in [0, 0.1) is 0 Å². The molecular formula is C13H12BrN3OS. The number of dihydropyridines is 1. The van der Waals surface area contributed by atoms with Gasteiger partial charge in [-0.2, -0.15) is 0 Å². The summed E-state index contributed by atoms with van der Waals surface area (Å²) in [5.74, 6) is 0.772.